The summed E-state index contributed by atoms with van der Waals surface area (Å²) < 4.78 is 0. The molecule has 1 aliphatic rings. The molecule has 2 atom stereocenters. The molecule has 0 saturated carbocycles. The Morgan fingerprint density at radius 3 is 2.64 bits per heavy atom. The maximum Gasteiger partial charge on any atom is 0.320 e. The van der Waals surface area contributed by atoms with Gasteiger partial charge in [0.2, 0.25) is 0 Å². The summed E-state index contributed by atoms with van der Waals surface area (Å²) in [5.74, 6) is -0.748. The molecule has 5 nitrogen and oxygen atoms in total. The zero-order valence-electron chi connectivity index (χ0n) is 12.3. The van der Waals surface area contributed by atoms with Crippen molar-refractivity contribution in [1.29, 1.82) is 0 Å². The van der Waals surface area contributed by atoms with Crippen LogP contribution in [0.25, 0.3) is 0 Å². The van der Waals surface area contributed by atoms with Gasteiger partial charge in [-0.3, -0.25) is 19.7 Å². The highest BCUT2D eigenvalue weighted by atomic mass is 16.4. The summed E-state index contributed by atoms with van der Waals surface area (Å²) in [6, 6.07) is 7.25. The van der Waals surface area contributed by atoms with Crippen molar-refractivity contribution in [3.63, 3.8) is 0 Å². The zero-order chi connectivity index (χ0) is 15.4. The number of carbonyl (C=O) groups is 1. The maximum atomic E-state index is 11.7. The van der Waals surface area contributed by atoms with Crippen molar-refractivity contribution in [2.24, 2.45) is 0 Å². The molecule has 1 saturated heterocycles. The van der Waals surface area contributed by atoms with Crippen LogP contribution in [0.1, 0.15) is 36.4 Å². The third-order valence-corrected chi connectivity index (χ3v) is 4.18. The van der Waals surface area contributed by atoms with Crippen LogP contribution in [-0.4, -0.2) is 38.5 Å². The van der Waals surface area contributed by atoms with Gasteiger partial charge in [-0.05, 0) is 48.7 Å². The average molecular weight is 297 g/mol. The topological polar surface area (TPSA) is 66.3 Å². The first-order chi connectivity index (χ1) is 10.8. The van der Waals surface area contributed by atoms with E-state index in [9.17, 15) is 9.90 Å². The second-order valence-corrected chi connectivity index (χ2v) is 5.56. The normalized spacial score (nSPS) is 20.5. The minimum Gasteiger partial charge on any atom is -0.480 e. The number of piperidine rings is 1. The Kier molecular flexibility index (Phi) is 4.44. The van der Waals surface area contributed by atoms with Crippen LogP contribution in [0.3, 0.4) is 0 Å². The summed E-state index contributed by atoms with van der Waals surface area (Å²) >= 11 is 0. The fourth-order valence-electron chi connectivity index (χ4n) is 3.19. The predicted molar refractivity (Wildman–Crippen MR) is 82.3 cm³/mol. The fourth-order valence-corrected chi connectivity index (χ4v) is 3.19. The van der Waals surface area contributed by atoms with Crippen molar-refractivity contribution >= 4 is 5.97 Å². The fraction of sp³-hybridized carbons (Fsp3) is 0.353. The number of likely N-dealkylation sites (tertiary alicyclic amines) is 1. The Morgan fingerprint density at radius 1 is 1.14 bits per heavy atom. The van der Waals surface area contributed by atoms with Crippen LogP contribution in [0.5, 0.6) is 0 Å². The molecule has 1 fully saturated rings. The van der Waals surface area contributed by atoms with Crippen molar-refractivity contribution < 1.29 is 9.90 Å². The van der Waals surface area contributed by atoms with Crippen LogP contribution >= 0.6 is 0 Å². The lowest BCUT2D eigenvalue weighted by molar-refractivity contribution is -0.145. The summed E-state index contributed by atoms with van der Waals surface area (Å²) in [6.07, 6.45) is 9.72. The minimum absolute atomic E-state index is 0.0990. The lowest BCUT2D eigenvalue weighted by atomic mass is 9.93. The molecule has 0 aromatic carbocycles. The first-order valence-electron chi connectivity index (χ1n) is 7.56. The SMILES string of the molecule is O=C(O)C1CCCCN1C(c1ccncc1)c1cccnc1. The van der Waals surface area contributed by atoms with Crippen molar-refractivity contribution in [3.05, 3.63) is 60.2 Å². The number of nitrogens with zero attached hydrogens (tertiary/aromatic N) is 3. The molecule has 1 N–H and O–H groups in total. The number of aliphatic carboxylic acids is 1. The molecule has 3 heterocycles. The molecule has 0 radical (unpaired) electrons. The maximum absolute atomic E-state index is 11.7. The minimum atomic E-state index is -0.748. The van der Waals surface area contributed by atoms with Gasteiger partial charge in [-0.15, -0.1) is 0 Å². The van der Waals surface area contributed by atoms with Crippen molar-refractivity contribution in [2.75, 3.05) is 6.54 Å². The zero-order valence-corrected chi connectivity index (χ0v) is 12.3. The first kappa shape index (κ1) is 14.7. The van der Waals surface area contributed by atoms with E-state index >= 15 is 0 Å². The second kappa shape index (κ2) is 6.66. The molecular formula is C17H19N3O2. The van der Waals surface area contributed by atoms with Crippen LogP contribution < -0.4 is 0 Å². The van der Waals surface area contributed by atoms with E-state index in [1.807, 2.05) is 30.5 Å². The largest absolute Gasteiger partial charge is 0.480 e. The number of hydrogen-bond donors (Lipinski definition) is 1. The van der Waals surface area contributed by atoms with E-state index in [0.29, 0.717) is 6.42 Å². The van der Waals surface area contributed by atoms with Crippen LogP contribution in [-0.2, 0) is 4.79 Å². The quantitative estimate of drug-likeness (QED) is 0.939. The Balaban J connectivity index is 2.03. The number of pyridine rings is 2. The molecular weight excluding hydrogens is 278 g/mol. The number of rotatable bonds is 4. The van der Waals surface area contributed by atoms with Gasteiger partial charge in [0, 0.05) is 24.8 Å². The molecule has 0 spiro atoms. The second-order valence-electron chi connectivity index (χ2n) is 5.56. The highest BCUT2D eigenvalue weighted by Crippen LogP contribution is 2.33. The summed E-state index contributed by atoms with van der Waals surface area (Å²) in [5, 5.41) is 9.58. The van der Waals surface area contributed by atoms with Gasteiger partial charge in [-0.2, -0.15) is 0 Å². The highest BCUT2D eigenvalue weighted by molar-refractivity contribution is 5.73. The van der Waals surface area contributed by atoms with E-state index in [2.05, 4.69) is 14.9 Å². The molecule has 2 unspecified atom stereocenters. The first-order valence-corrected chi connectivity index (χ1v) is 7.56. The third-order valence-electron chi connectivity index (χ3n) is 4.18. The van der Waals surface area contributed by atoms with Crippen molar-refractivity contribution in [3.8, 4) is 0 Å². The van der Waals surface area contributed by atoms with Gasteiger partial charge in [0.1, 0.15) is 6.04 Å². The molecule has 22 heavy (non-hydrogen) atoms. The third kappa shape index (κ3) is 2.99. The van der Waals surface area contributed by atoms with E-state index in [4.69, 9.17) is 0 Å². The van der Waals surface area contributed by atoms with Gasteiger partial charge in [0.25, 0.3) is 0 Å². The van der Waals surface area contributed by atoms with Gasteiger partial charge in [0.15, 0.2) is 0 Å². The van der Waals surface area contributed by atoms with Gasteiger partial charge >= 0.3 is 5.97 Å². The van der Waals surface area contributed by atoms with Crippen LogP contribution in [0.2, 0.25) is 0 Å². The number of hydrogen-bond acceptors (Lipinski definition) is 4. The van der Waals surface area contributed by atoms with E-state index < -0.39 is 12.0 Å². The van der Waals surface area contributed by atoms with Crippen molar-refractivity contribution in [1.82, 2.24) is 14.9 Å². The molecule has 5 heteroatoms. The molecule has 1 aliphatic heterocycles. The molecule has 0 bridgehead atoms. The number of carboxylic acid groups (broad SMARTS) is 1. The Morgan fingerprint density at radius 2 is 1.95 bits per heavy atom. The highest BCUT2D eigenvalue weighted by Gasteiger charge is 2.35. The Labute approximate surface area is 129 Å². The van der Waals surface area contributed by atoms with Gasteiger partial charge in [-0.1, -0.05) is 12.5 Å². The monoisotopic (exact) mass is 297 g/mol. The number of aromatic nitrogens is 2. The molecule has 0 amide bonds. The smallest absolute Gasteiger partial charge is 0.320 e. The van der Waals surface area contributed by atoms with Crippen molar-refractivity contribution in [2.45, 2.75) is 31.3 Å². The predicted octanol–water partition coefficient (Wildman–Crippen LogP) is 2.51. The molecule has 2 aromatic heterocycles. The molecule has 0 aliphatic carbocycles. The van der Waals surface area contributed by atoms with E-state index in [0.717, 1.165) is 30.5 Å². The number of carboxylic acids is 1. The van der Waals surface area contributed by atoms with Crippen LogP contribution in [0, 0.1) is 0 Å². The Hall–Kier alpha value is -2.27. The summed E-state index contributed by atoms with van der Waals surface area (Å²) in [4.78, 5) is 22.0. The molecule has 2 aromatic rings. The molecule has 114 valence electrons. The molecule has 3 rings (SSSR count). The summed E-state index contributed by atoms with van der Waals surface area (Å²) in [5.41, 5.74) is 2.07. The lowest BCUT2D eigenvalue weighted by Gasteiger charge is -2.39. The van der Waals surface area contributed by atoms with Gasteiger partial charge < -0.3 is 5.11 Å². The van der Waals surface area contributed by atoms with E-state index in [-0.39, 0.29) is 6.04 Å². The van der Waals surface area contributed by atoms with Gasteiger partial charge in [0.05, 0.1) is 6.04 Å². The van der Waals surface area contributed by atoms with Gasteiger partial charge in [-0.25, -0.2) is 0 Å². The van der Waals surface area contributed by atoms with Crippen LogP contribution in [0.15, 0.2) is 49.1 Å². The van der Waals surface area contributed by atoms with E-state index in [1.165, 1.54) is 0 Å². The average Bonchev–Trinajstić information content (AvgIpc) is 2.57. The van der Waals surface area contributed by atoms with E-state index in [1.54, 1.807) is 18.6 Å². The van der Waals surface area contributed by atoms with Crippen LogP contribution in [0.4, 0.5) is 0 Å². The summed E-state index contributed by atoms with van der Waals surface area (Å²) in [6.45, 7) is 0.777. The lowest BCUT2D eigenvalue weighted by Crippen LogP contribution is -2.46. The Bertz CT molecular complexity index is 579. The standard InChI is InChI=1S/C17H19N3O2/c21-17(22)15-5-1-2-11-20(15)16(13-6-9-18-10-7-13)14-4-3-8-19-12-14/h3-4,6-10,12,15-16H,1-2,5,11H2,(H,21,22). The summed E-state index contributed by atoms with van der Waals surface area (Å²) in [7, 11) is 0.